The van der Waals surface area contributed by atoms with E-state index in [1.54, 1.807) is 52.5 Å². The Kier molecular flexibility index (Phi) is 6.86. The van der Waals surface area contributed by atoms with Gasteiger partial charge in [0.2, 0.25) is 0 Å². The van der Waals surface area contributed by atoms with Crippen LogP contribution in [0.25, 0.3) is 0 Å². The van der Waals surface area contributed by atoms with Crippen LogP contribution in [0, 0.1) is 0 Å². The zero-order valence-corrected chi connectivity index (χ0v) is 18.8. The summed E-state index contributed by atoms with van der Waals surface area (Å²) in [6, 6.07) is 10.2. The highest BCUT2D eigenvalue weighted by molar-refractivity contribution is 7.80. The van der Waals surface area contributed by atoms with Crippen LogP contribution in [0.3, 0.4) is 0 Å². The quantitative estimate of drug-likeness (QED) is 0.563. The Morgan fingerprint density at radius 2 is 1.65 bits per heavy atom. The molecule has 0 unspecified atom stereocenters. The van der Waals surface area contributed by atoms with Crippen LogP contribution in [-0.2, 0) is 4.79 Å². The summed E-state index contributed by atoms with van der Waals surface area (Å²) in [6.45, 7) is 1.81. The molecular weight excluding hydrogens is 418 g/mol. The van der Waals surface area contributed by atoms with E-state index in [1.165, 1.54) is 7.11 Å². The first kappa shape index (κ1) is 22.2. The third-order valence-electron chi connectivity index (χ3n) is 4.91. The van der Waals surface area contributed by atoms with Crippen LogP contribution < -0.4 is 34.9 Å². The van der Waals surface area contributed by atoms with Crippen molar-refractivity contribution in [2.24, 2.45) is 0 Å². The molecule has 1 heterocycles. The van der Waals surface area contributed by atoms with Crippen molar-refractivity contribution in [2.45, 2.75) is 13.0 Å². The lowest BCUT2D eigenvalue weighted by atomic mass is 9.94. The standard InChI is InChI=1S/C22H25N3O5S/c1-12-19(21(26)24-15-8-7-14(27-2)11-17(15)29-4)20(25-22(31)23-12)13-6-9-16(28-3)18(10-13)30-5/h6-11,20H,1-5H3,(H,24,26)(H2,23,25,31)/t20-/m0/s1. The molecule has 0 bridgehead atoms. The van der Waals surface area contributed by atoms with Gasteiger partial charge in [0, 0.05) is 11.8 Å². The number of thiocarbonyl (C=S) groups is 1. The predicted octanol–water partition coefficient (Wildman–Crippen LogP) is 3.15. The van der Waals surface area contributed by atoms with Gasteiger partial charge < -0.3 is 34.9 Å². The number of nitrogens with one attached hydrogen (secondary N) is 3. The van der Waals surface area contributed by atoms with Crippen LogP contribution in [0.15, 0.2) is 47.7 Å². The molecular formula is C22H25N3O5S. The first-order chi connectivity index (χ1) is 14.9. The fourth-order valence-electron chi connectivity index (χ4n) is 3.37. The van der Waals surface area contributed by atoms with Gasteiger partial charge in [-0.2, -0.15) is 0 Å². The Morgan fingerprint density at radius 3 is 2.29 bits per heavy atom. The van der Waals surface area contributed by atoms with Crippen molar-refractivity contribution in [1.82, 2.24) is 10.6 Å². The molecule has 1 aliphatic rings. The molecule has 0 aliphatic carbocycles. The molecule has 0 spiro atoms. The molecule has 0 saturated heterocycles. The number of amides is 1. The average Bonchev–Trinajstić information content (AvgIpc) is 2.78. The highest BCUT2D eigenvalue weighted by atomic mass is 32.1. The van der Waals surface area contributed by atoms with E-state index < -0.39 is 6.04 Å². The minimum absolute atomic E-state index is 0.303. The van der Waals surface area contributed by atoms with Crippen molar-refractivity contribution in [3.8, 4) is 23.0 Å². The van der Waals surface area contributed by atoms with E-state index in [1.807, 2.05) is 12.1 Å². The smallest absolute Gasteiger partial charge is 0.255 e. The van der Waals surface area contributed by atoms with Crippen molar-refractivity contribution in [1.29, 1.82) is 0 Å². The van der Waals surface area contributed by atoms with E-state index in [4.69, 9.17) is 31.2 Å². The number of hydrogen-bond donors (Lipinski definition) is 3. The zero-order chi connectivity index (χ0) is 22.5. The summed E-state index contributed by atoms with van der Waals surface area (Å²) >= 11 is 5.33. The van der Waals surface area contributed by atoms with E-state index in [0.29, 0.717) is 45.1 Å². The summed E-state index contributed by atoms with van der Waals surface area (Å²) in [5.41, 5.74) is 2.45. The van der Waals surface area contributed by atoms with Gasteiger partial charge >= 0.3 is 0 Å². The lowest BCUT2D eigenvalue weighted by Crippen LogP contribution is -2.45. The molecule has 0 saturated carbocycles. The van der Waals surface area contributed by atoms with Crippen molar-refractivity contribution < 1.29 is 23.7 Å². The second-order valence-corrected chi connectivity index (χ2v) is 7.11. The SMILES string of the molecule is COc1ccc(NC(=O)C2=C(C)NC(=S)N[C@H]2c2ccc(OC)c(OC)c2)c(OC)c1. The molecule has 0 radical (unpaired) electrons. The Balaban J connectivity index is 1.98. The first-order valence-corrected chi connectivity index (χ1v) is 9.86. The van der Waals surface area contributed by atoms with Crippen molar-refractivity contribution >= 4 is 28.9 Å². The maximum absolute atomic E-state index is 13.3. The molecule has 8 nitrogen and oxygen atoms in total. The van der Waals surface area contributed by atoms with E-state index in [9.17, 15) is 4.79 Å². The minimum Gasteiger partial charge on any atom is -0.497 e. The summed E-state index contributed by atoms with van der Waals surface area (Å²) in [6.07, 6.45) is 0. The number of carbonyl (C=O) groups excluding carboxylic acids is 1. The van der Waals surface area contributed by atoms with E-state index in [2.05, 4.69) is 16.0 Å². The molecule has 9 heteroatoms. The number of benzene rings is 2. The number of carbonyl (C=O) groups is 1. The lowest BCUT2D eigenvalue weighted by Gasteiger charge is -2.30. The van der Waals surface area contributed by atoms with Gasteiger partial charge in [-0.3, -0.25) is 4.79 Å². The normalized spacial score (nSPS) is 15.5. The highest BCUT2D eigenvalue weighted by Gasteiger charge is 2.31. The molecule has 3 N–H and O–H groups in total. The Labute approximate surface area is 186 Å². The van der Waals surface area contributed by atoms with Crippen molar-refractivity contribution in [2.75, 3.05) is 33.8 Å². The molecule has 1 atom stereocenters. The van der Waals surface area contributed by atoms with Gasteiger partial charge in [0.05, 0.1) is 45.7 Å². The number of hydrogen-bond acceptors (Lipinski definition) is 6. The minimum atomic E-state index is -0.488. The number of methoxy groups -OCH3 is 4. The van der Waals surface area contributed by atoms with E-state index in [0.717, 1.165) is 5.56 Å². The van der Waals surface area contributed by atoms with E-state index in [-0.39, 0.29) is 5.91 Å². The summed E-state index contributed by atoms with van der Waals surface area (Å²) in [5.74, 6) is 1.96. The Hall–Kier alpha value is -3.46. The Morgan fingerprint density at radius 1 is 0.935 bits per heavy atom. The fraction of sp³-hybridized carbons (Fsp3) is 0.273. The second-order valence-electron chi connectivity index (χ2n) is 6.70. The summed E-state index contributed by atoms with van der Waals surface area (Å²) < 4.78 is 21.4. The molecule has 2 aromatic carbocycles. The van der Waals surface area contributed by atoms with Crippen LogP contribution in [-0.4, -0.2) is 39.5 Å². The molecule has 3 rings (SSSR count). The largest absolute Gasteiger partial charge is 0.497 e. The van der Waals surface area contributed by atoms with Crippen LogP contribution in [0.2, 0.25) is 0 Å². The lowest BCUT2D eigenvalue weighted by molar-refractivity contribution is -0.113. The van der Waals surface area contributed by atoms with Crippen LogP contribution in [0.4, 0.5) is 5.69 Å². The number of anilines is 1. The van der Waals surface area contributed by atoms with Crippen LogP contribution >= 0.6 is 12.2 Å². The molecule has 1 amide bonds. The molecule has 0 aromatic heterocycles. The summed E-state index contributed by atoms with van der Waals surface area (Å²) in [7, 11) is 6.23. The molecule has 31 heavy (non-hydrogen) atoms. The third-order valence-corrected chi connectivity index (χ3v) is 5.13. The number of ether oxygens (including phenoxy) is 4. The van der Waals surface area contributed by atoms with Crippen LogP contribution in [0.5, 0.6) is 23.0 Å². The van der Waals surface area contributed by atoms with Gasteiger partial charge in [0.25, 0.3) is 5.91 Å². The molecule has 0 fully saturated rings. The number of rotatable bonds is 7. The van der Waals surface area contributed by atoms with Gasteiger partial charge in [0.15, 0.2) is 16.6 Å². The van der Waals surface area contributed by atoms with Crippen molar-refractivity contribution in [3.05, 3.63) is 53.2 Å². The molecule has 1 aliphatic heterocycles. The van der Waals surface area contributed by atoms with Gasteiger partial charge in [-0.1, -0.05) is 6.07 Å². The fourth-order valence-corrected chi connectivity index (χ4v) is 3.64. The van der Waals surface area contributed by atoms with E-state index >= 15 is 0 Å². The summed E-state index contributed by atoms with van der Waals surface area (Å²) in [5, 5.41) is 9.54. The van der Waals surface area contributed by atoms with Crippen molar-refractivity contribution in [3.63, 3.8) is 0 Å². The zero-order valence-electron chi connectivity index (χ0n) is 18.0. The van der Waals surface area contributed by atoms with Gasteiger partial charge in [-0.15, -0.1) is 0 Å². The highest BCUT2D eigenvalue weighted by Crippen LogP contribution is 2.35. The van der Waals surface area contributed by atoms with Gasteiger partial charge in [-0.25, -0.2) is 0 Å². The third kappa shape index (κ3) is 4.66. The monoisotopic (exact) mass is 443 g/mol. The topological polar surface area (TPSA) is 90.1 Å². The number of allylic oxidation sites excluding steroid dienone is 1. The molecule has 2 aromatic rings. The Bertz CT molecular complexity index is 1040. The van der Waals surface area contributed by atoms with Gasteiger partial charge in [0.1, 0.15) is 11.5 Å². The molecule has 164 valence electrons. The second kappa shape index (κ2) is 9.57. The average molecular weight is 444 g/mol. The first-order valence-electron chi connectivity index (χ1n) is 9.45. The maximum Gasteiger partial charge on any atom is 0.255 e. The maximum atomic E-state index is 13.3. The van der Waals surface area contributed by atoms with Gasteiger partial charge in [-0.05, 0) is 49.0 Å². The van der Waals surface area contributed by atoms with Crippen LogP contribution in [0.1, 0.15) is 18.5 Å². The summed E-state index contributed by atoms with van der Waals surface area (Å²) in [4.78, 5) is 13.3. The predicted molar refractivity (Wildman–Crippen MR) is 122 cm³/mol.